The number of methoxy groups -OCH3 is 1. The third kappa shape index (κ3) is 3.35. The van der Waals surface area contributed by atoms with E-state index in [-0.39, 0.29) is 0 Å². The largest absolute Gasteiger partial charge is 0.477 e. The van der Waals surface area contributed by atoms with Crippen LogP contribution >= 0.6 is 15.9 Å². The number of carboxylic acids is 1. The molecule has 84 valence electrons. The molecule has 0 atom stereocenters. The summed E-state index contributed by atoms with van der Waals surface area (Å²) in [5, 5.41) is 8.92. The first-order valence-electron chi connectivity index (χ1n) is 4.74. The number of hydrogen-bond donors (Lipinski definition) is 1. The van der Waals surface area contributed by atoms with Gasteiger partial charge >= 0.3 is 5.97 Å². The number of aromatic nitrogens is 1. The lowest BCUT2D eigenvalue weighted by Crippen LogP contribution is -2.09. The zero-order valence-electron chi connectivity index (χ0n) is 8.57. The Hall–Kier alpha value is -0.810. The zero-order valence-corrected chi connectivity index (χ0v) is 10.2. The van der Waals surface area contributed by atoms with E-state index in [1.54, 1.807) is 23.8 Å². The Balaban J connectivity index is 2.58. The van der Waals surface area contributed by atoms with Crippen LogP contribution in [0.1, 0.15) is 23.3 Å². The highest BCUT2D eigenvalue weighted by Gasteiger charge is 2.11. The molecule has 0 bridgehead atoms. The number of hydrogen-bond acceptors (Lipinski definition) is 2. The first kappa shape index (κ1) is 12.3. The zero-order chi connectivity index (χ0) is 11.3. The van der Waals surface area contributed by atoms with Crippen LogP contribution in [-0.4, -0.2) is 29.4 Å². The van der Waals surface area contributed by atoms with Crippen LogP contribution in [-0.2, 0) is 11.3 Å². The van der Waals surface area contributed by atoms with Gasteiger partial charge in [0.1, 0.15) is 5.69 Å². The summed E-state index contributed by atoms with van der Waals surface area (Å²) in [5.74, 6) is -0.896. The van der Waals surface area contributed by atoms with Gasteiger partial charge in [-0.1, -0.05) is 0 Å². The first-order chi connectivity index (χ1) is 7.16. The van der Waals surface area contributed by atoms with Crippen LogP contribution in [0.25, 0.3) is 0 Å². The van der Waals surface area contributed by atoms with Gasteiger partial charge in [0.15, 0.2) is 0 Å². The Morgan fingerprint density at radius 2 is 2.27 bits per heavy atom. The van der Waals surface area contributed by atoms with Gasteiger partial charge in [-0.25, -0.2) is 4.79 Å². The molecule has 0 saturated carbocycles. The van der Waals surface area contributed by atoms with Crippen molar-refractivity contribution in [2.45, 2.75) is 19.4 Å². The summed E-state index contributed by atoms with van der Waals surface area (Å²) >= 11 is 3.32. The lowest BCUT2D eigenvalue weighted by atomic mass is 10.3. The molecule has 0 amide bonds. The van der Waals surface area contributed by atoms with Gasteiger partial charge in [-0.2, -0.15) is 0 Å². The number of halogens is 1. The van der Waals surface area contributed by atoms with E-state index in [9.17, 15) is 4.79 Å². The van der Waals surface area contributed by atoms with Gasteiger partial charge < -0.3 is 14.4 Å². The number of ether oxygens (including phenoxy) is 1. The quantitative estimate of drug-likeness (QED) is 0.811. The third-order valence-electron chi connectivity index (χ3n) is 2.13. The molecule has 0 unspecified atom stereocenters. The minimum Gasteiger partial charge on any atom is -0.477 e. The lowest BCUT2D eigenvalue weighted by Gasteiger charge is -2.07. The van der Waals surface area contributed by atoms with E-state index >= 15 is 0 Å². The molecule has 5 heteroatoms. The molecule has 1 aromatic rings. The van der Waals surface area contributed by atoms with E-state index in [2.05, 4.69) is 15.9 Å². The van der Waals surface area contributed by atoms with Crippen LogP contribution in [0, 0.1) is 0 Å². The number of rotatable bonds is 6. The summed E-state index contributed by atoms with van der Waals surface area (Å²) in [6.45, 7) is 1.40. The SMILES string of the molecule is COCCCCn1c(Br)ccc1C(=O)O. The van der Waals surface area contributed by atoms with E-state index in [1.165, 1.54) is 0 Å². The topological polar surface area (TPSA) is 51.5 Å². The van der Waals surface area contributed by atoms with E-state index in [1.807, 2.05) is 0 Å². The van der Waals surface area contributed by atoms with Crippen LogP contribution in [0.3, 0.4) is 0 Å². The van der Waals surface area contributed by atoms with Gasteiger partial charge in [0, 0.05) is 20.3 Å². The van der Waals surface area contributed by atoms with Crippen molar-refractivity contribution < 1.29 is 14.6 Å². The Labute approximate surface area is 97.0 Å². The molecule has 0 fully saturated rings. The lowest BCUT2D eigenvalue weighted by molar-refractivity contribution is 0.0684. The molecule has 0 aromatic carbocycles. The molecule has 0 spiro atoms. The Morgan fingerprint density at radius 3 is 2.87 bits per heavy atom. The van der Waals surface area contributed by atoms with Crippen molar-refractivity contribution >= 4 is 21.9 Å². The maximum atomic E-state index is 10.9. The van der Waals surface area contributed by atoms with E-state index < -0.39 is 5.97 Å². The maximum Gasteiger partial charge on any atom is 0.352 e. The van der Waals surface area contributed by atoms with Gasteiger partial charge in [0.2, 0.25) is 0 Å². The molecule has 1 aromatic heterocycles. The van der Waals surface area contributed by atoms with Gasteiger partial charge in [0.25, 0.3) is 0 Å². The second-order valence-electron chi connectivity index (χ2n) is 3.20. The smallest absolute Gasteiger partial charge is 0.352 e. The molecule has 1 heterocycles. The minimum absolute atomic E-state index is 0.319. The fraction of sp³-hybridized carbons (Fsp3) is 0.500. The minimum atomic E-state index is -0.896. The summed E-state index contributed by atoms with van der Waals surface area (Å²) in [4.78, 5) is 10.9. The highest BCUT2D eigenvalue weighted by molar-refractivity contribution is 9.10. The number of nitrogens with zero attached hydrogens (tertiary/aromatic N) is 1. The van der Waals surface area contributed by atoms with Crippen molar-refractivity contribution in [3.05, 3.63) is 22.4 Å². The van der Waals surface area contributed by atoms with Crippen molar-refractivity contribution in [1.82, 2.24) is 4.57 Å². The van der Waals surface area contributed by atoms with Crippen LogP contribution in [0.5, 0.6) is 0 Å². The molecule has 0 aliphatic heterocycles. The average molecular weight is 276 g/mol. The predicted octanol–water partition coefficient (Wildman–Crippen LogP) is 2.38. The summed E-state index contributed by atoms with van der Waals surface area (Å²) in [6.07, 6.45) is 1.83. The van der Waals surface area contributed by atoms with Gasteiger partial charge in [-0.3, -0.25) is 0 Å². The Kier molecular flexibility index (Phi) is 4.84. The average Bonchev–Trinajstić information content (AvgIpc) is 2.55. The van der Waals surface area contributed by atoms with Gasteiger partial charge in [-0.15, -0.1) is 0 Å². The molecule has 0 aliphatic carbocycles. The van der Waals surface area contributed by atoms with Crippen molar-refractivity contribution in [3.8, 4) is 0 Å². The Bertz CT molecular complexity index is 335. The molecule has 15 heavy (non-hydrogen) atoms. The number of unbranched alkanes of at least 4 members (excludes halogenated alkanes) is 1. The monoisotopic (exact) mass is 275 g/mol. The van der Waals surface area contributed by atoms with Gasteiger partial charge in [0.05, 0.1) is 4.60 Å². The van der Waals surface area contributed by atoms with E-state index in [0.717, 1.165) is 17.4 Å². The standard InChI is InChI=1S/C10H14BrNO3/c1-15-7-3-2-6-12-8(10(13)14)4-5-9(12)11/h4-5H,2-3,6-7H2,1H3,(H,13,14). The summed E-state index contributed by atoms with van der Waals surface area (Å²) in [6, 6.07) is 3.35. The molecule has 4 nitrogen and oxygen atoms in total. The highest BCUT2D eigenvalue weighted by Crippen LogP contribution is 2.16. The number of carboxylic acid groups (broad SMARTS) is 1. The summed E-state index contributed by atoms with van der Waals surface area (Å²) in [5.41, 5.74) is 0.319. The molecule has 0 saturated heterocycles. The molecular formula is C10H14BrNO3. The van der Waals surface area contributed by atoms with Gasteiger partial charge in [-0.05, 0) is 40.9 Å². The van der Waals surface area contributed by atoms with Crippen LogP contribution in [0.4, 0.5) is 0 Å². The maximum absolute atomic E-state index is 10.9. The normalized spacial score (nSPS) is 10.5. The molecule has 0 aliphatic rings. The van der Waals surface area contributed by atoms with E-state index in [0.29, 0.717) is 18.8 Å². The predicted molar refractivity (Wildman–Crippen MR) is 60.2 cm³/mol. The molecule has 1 N–H and O–H groups in total. The van der Waals surface area contributed by atoms with Crippen LogP contribution in [0.15, 0.2) is 16.7 Å². The second kappa shape index (κ2) is 5.92. The highest BCUT2D eigenvalue weighted by atomic mass is 79.9. The summed E-state index contributed by atoms with van der Waals surface area (Å²) in [7, 11) is 1.66. The van der Waals surface area contributed by atoms with Crippen molar-refractivity contribution in [3.63, 3.8) is 0 Å². The van der Waals surface area contributed by atoms with Crippen molar-refractivity contribution in [2.24, 2.45) is 0 Å². The first-order valence-corrected chi connectivity index (χ1v) is 5.53. The molecule has 1 rings (SSSR count). The fourth-order valence-corrected chi connectivity index (χ4v) is 1.87. The fourth-order valence-electron chi connectivity index (χ4n) is 1.37. The van der Waals surface area contributed by atoms with Crippen molar-refractivity contribution in [2.75, 3.05) is 13.7 Å². The molecular weight excluding hydrogens is 262 g/mol. The van der Waals surface area contributed by atoms with E-state index in [4.69, 9.17) is 9.84 Å². The second-order valence-corrected chi connectivity index (χ2v) is 4.01. The molecule has 0 radical (unpaired) electrons. The summed E-state index contributed by atoms with van der Waals surface area (Å²) < 4.78 is 7.48. The third-order valence-corrected chi connectivity index (χ3v) is 2.82. The van der Waals surface area contributed by atoms with Crippen LogP contribution < -0.4 is 0 Å². The van der Waals surface area contributed by atoms with Crippen LogP contribution in [0.2, 0.25) is 0 Å². The Morgan fingerprint density at radius 1 is 1.53 bits per heavy atom. The van der Waals surface area contributed by atoms with Crippen molar-refractivity contribution in [1.29, 1.82) is 0 Å². The number of carbonyl (C=O) groups is 1. The number of aromatic carboxylic acids is 1.